The molecule has 0 spiro atoms. The normalized spacial score (nSPS) is 12.0. The van der Waals surface area contributed by atoms with Crippen LogP contribution in [0.4, 0.5) is 0 Å². The molecule has 1 N–H and O–H groups in total. The summed E-state index contributed by atoms with van der Waals surface area (Å²) in [6.07, 6.45) is 1.30. The van der Waals surface area contributed by atoms with E-state index in [1.807, 2.05) is 31.2 Å². The maximum absolute atomic E-state index is 12.6. The summed E-state index contributed by atoms with van der Waals surface area (Å²) in [4.78, 5) is 29.2. The minimum absolute atomic E-state index is 0.175. The van der Waals surface area contributed by atoms with E-state index in [-0.39, 0.29) is 34.5 Å². The van der Waals surface area contributed by atoms with E-state index in [9.17, 15) is 9.59 Å². The number of ether oxygens (including phenoxy) is 1. The van der Waals surface area contributed by atoms with Crippen LogP contribution in [0.2, 0.25) is 10.0 Å². The van der Waals surface area contributed by atoms with Crippen molar-refractivity contribution in [2.45, 2.75) is 19.5 Å². The highest BCUT2D eigenvalue weighted by Crippen LogP contribution is 2.25. The van der Waals surface area contributed by atoms with Gasteiger partial charge in [-0.1, -0.05) is 41.4 Å². The summed E-state index contributed by atoms with van der Waals surface area (Å²) < 4.78 is 6.54. The van der Waals surface area contributed by atoms with Crippen molar-refractivity contribution < 1.29 is 9.53 Å². The highest BCUT2D eigenvalue weighted by Gasteiger charge is 2.15. The molecule has 1 unspecified atom stereocenters. The molecule has 6 nitrogen and oxygen atoms in total. The lowest BCUT2D eigenvalue weighted by Crippen LogP contribution is -2.34. The number of amides is 1. The first kappa shape index (κ1) is 19.2. The number of rotatable bonds is 5. The summed E-state index contributed by atoms with van der Waals surface area (Å²) in [6.45, 7) is 1.67. The summed E-state index contributed by atoms with van der Waals surface area (Å²) in [5, 5.41) is 3.74. The Labute approximate surface area is 165 Å². The molecule has 0 fully saturated rings. The quantitative estimate of drug-likeness (QED) is 0.703. The Bertz CT molecular complexity index is 1070. The van der Waals surface area contributed by atoms with Crippen LogP contribution in [0.3, 0.4) is 0 Å². The largest absolute Gasteiger partial charge is 0.496 e. The lowest BCUT2D eigenvalue weighted by molar-refractivity contribution is -0.122. The summed E-state index contributed by atoms with van der Waals surface area (Å²) in [5.74, 6) is 0.351. The third-order valence-electron chi connectivity index (χ3n) is 4.14. The van der Waals surface area contributed by atoms with Crippen molar-refractivity contribution in [3.05, 3.63) is 68.7 Å². The Balaban J connectivity index is 1.82. The van der Waals surface area contributed by atoms with E-state index in [0.29, 0.717) is 16.3 Å². The third kappa shape index (κ3) is 4.07. The predicted octanol–water partition coefficient (Wildman–Crippen LogP) is 3.59. The number of aromatic nitrogens is 2. The first-order chi connectivity index (χ1) is 12.9. The smallest absolute Gasteiger partial charge is 0.261 e. The van der Waals surface area contributed by atoms with E-state index in [2.05, 4.69) is 10.3 Å². The van der Waals surface area contributed by atoms with Crippen molar-refractivity contribution in [2.24, 2.45) is 0 Å². The number of halogens is 2. The molecule has 2 aromatic carbocycles. The van der Waals surface area contributed by atoms with Crippen LogP contribution in [0.25, 0.3) is 10.9 Å². The van der Waals surface area contributed by atoms with Gasteiger partial charge in [-0.3, -0.25) is 14.2 Å². The number of fused-ring (bicyclic) bond motifs is 1. The van der Waals surface area contributed by atoms with E-state index in [1.54, 1.807) is 7.11 Å². The molecule has 0 aliphatic carbocycles. The van der Waals surface area contributed by atoms with Gasteiger partial charge in [0.25, 0.3) is 5.56 Å². The van der Waals surface area contributed by atoms with Crippen molar-refractivity contribution in [1.29, 1.82) is 0 Å². The zero-order valence-corrected chi connectivity index (χ0v) is 16.2. The molecule has 1 atom stereocenters. The summed E-state index contributed by atoms with van der Waals surface area (Å²) in [5.41, 5.74) is 0.811. The lowest BCUT2D eigenvalue weighted by Gasteiger charge is -2.17. The third-order valence-corrected chi connectivity index (χ3v) is 4.65. The van der Waals surface area contributed by atoms with Gasteiger partial charge >= 0.3 is 0 Å². The van der Waals surface area contributed by atoms with Crippen LogP contribution >= 0.6 is 23.2 Å². The predicted molar refractivity (Wildman–Crippen MR) is 106 cm³/mol. The van der Waals surface area contributed by atoms with E-state index in [1.165, 1.54) is 23.0 Å². The number of hydrogen-bond acceptors (Lipinski definition) is 4. The molecule has 0 aliphatic rings. The Morgan fingerprint density at radius 1 is 1.30 bits per heavy atom. The van der Waals surface area contributed by atoms with Crippen molar-refractivity contribution in [2.75, 3.05) is 7.11 Å². The van der Waals surface area contributed by atoms with Crippen LogP contribution in [-0.4, -0.2) is 22.6 Å². The number of benzene rings is 2. The minimum Gasteiger partial charge on any atom is -0.496 e. The molecule has 1 amide bonds. The first-order valence-corrected chi connectivity index (χ1v) is 8.92. The standard InChI is InChI=1S/C19H17Cl2N3O3/c1-11(13-5-3-4-6-16(13)27-2)23-17(25)9-24-10-22-18-14(19(24)26)7-12(20)8-15(18)21/h3-8,10-11H,9H2,1-2H3,(H,23,25). The fourth-order valence-corrected chi connectivity index (χ4v) is 3.39. The minimum atomic E-state index is -0.385. The number of methoxy groups -OCH3 is 1. The molecule has 3 rings (SSSR count). The molecule has 1 aromatic heterocycles. The summed E-state index contributed by atoms with van der Waals surface area (Å²) in [6, 6.07) is 10.1. The van der Waals surface area contributed by atoms with Gasteiger partial charge in [0.15, 0.2) is 0 Å². The lowest BCUT2D eigenvalue weighted by atomic mass is 10.1. The van der Waals surface area contributed by atoms with Gasteiger partial charge in [-0.25, -0.2) is 4.98 Å². The molecule has 140 valence electrons. The Morgan fingerprint density at radius 3 is 2.78 bits per heavy atom. The Morgan fingerprint density at radius 2 is 2.04 bits per heavy atom. The van der Waals surface area contributed by atoms with E-state index in [4.69, 9.17) is 27.9 Å². The number of hydrogen-bond donors (Lipinski definition) is 1. The second-order valence-electron chi connectivity index (χ2n) is 5.99. The Hall–Kier alpha value is -2.57. The van der Waals surface area contributed by atoms with Gasteiger partial charge in [0.05, 0.1) is 35.4 Å². The molecule has 27 heavy (non-hydrogen) atoms. The zero-order valence-electron chi connectivity index (χ0n) is 14.7. The number of para-hydroxylation sites is 1. The average molecular weight is 406 g/mol. The molecule has 0 saturated heterocycles. The van der Waals surface area contributed by atoms with E-state index in [0.717, 1.165) is 5.56 Å². The van der Waals surface area contributed by atoms with E-state index < -0.39 is 0 Å². The highest BCUT2D eigenvalue weighted by molar-refractivity contribution is 6.38. The van der Waals surface area contributed by atoms with Crippen LogP contribution in [0.5, 0.6) is 5.75 Å². The van der Waals surface area contributed by atoms with Crippen LogP contribution in [0, 0.1) is 0 Å². The molecule has 0 radical (unpaired) electrons. The van der Waals surface area contributed by atoms with Crippen LogP contribution in [0.1, 0.15) is 18.5 Å². The topological polar surface area (TPSA) is 73.2 Å². The van der Waals surface area contributed by atoms with Gasteiger partial charge in [-0.15, -0.1) is 0 Å². The summed E-state index contributed by atoms with van der Waals surface area (Å²) >= 11 is 12.0. The molecular weight excluding hydrogens is 389 g/mol. The van der Waals surface area contributed by atoms with Crippen molar-refractivity contribution in [3.8, 4) is 5.75 Å². The molecule has 3 aromatic rings. The number of nitrogens with one attached hydrogen (secondary N) is 1. The molecule has 0 aliphatic heterocycles. The van der Waals surface area contributed by atoms with Crippen LogP contribution in [-0.2, 0) is 11.3 Å². The maximum Gasteiger partial charge on any atom is 0.261 e. The first-order valence-electron chi connectivity index (χ1n) is 8.17. The van der Waals surface area contributed by atoms with Gasteiger partial charge in [0, 0.05) is 10.6 Å². The van der Waals surface area contributed by atoms with Gasteiger partial charge in [0.2, 0.25) is 5.91 Å². The number of carbonyl (C=O) groups excluding carboxylic acids is 1. The van der Waals surface area contributed by atoms with Crippen molar-refractivity contribution >= 4 is 40.0 Å². The number of nitrogens with zero attached hydrogens (tertiary/aromatic N) is 2. The van der Waals surface area contributed by atoms with Crippen molar-refractivity contribution in [3.63, 3.8) is 0 Å². The van der Waals surface area contributed by atoms with E-state index >= 15 is 0 Å². The fourth-order valence-electron chi connectivity index (χ4n) is 2.85. The van der Waals surface area contributed by atoms with Gasteiger partial charge in [-0.05, 0) is 25.1 Å². The summed E-state index contributed by atoms with van der Waals surface area (Å²) in [7, 11) is 1.57. The molecule has 0 saturated carbocycles. The van der Waals surface area contributed by atoms with Gasteiger partial charge in [-0.2, -0.15) is 0 Å². The molecule has 1 heterocycles. The van der Waals surface area contributed by atoms with Crippen molar-refractivity contribution in [1.82, 2.24) is 14.9 Å². The maximum atomic E-state index is 12.6. The fraction of sp³-hybridized carbons (Fsp3) is 0.211. The van der Waals surface area contributed by atoms with Crippen LogP contribution in [0.15, 0.2) is 47.5 Å². The second-order valence-corrected chi connectivity index (χ2v) is 6.84. The molecule has 0 bridgehead atoms. The zero-order chi connectivity index (χ0) is 19.6. The van der Waals surface area contributed by atoms with Gasteiger partial charge < -0.3 is 10.1 Å². The Kier molecular flexibility index (Phi) is 5.68. The highest BCUT2D eigenvalue weighted by atomic mass is 35.5. The SMILES string of the molecule is COc1ccccc1C(C)NC(=O)Cn1cnc2c(Cl)cc(Cl)cc2c1=O. The van der Waals surface area contributed by atoms with Crippen LogP contribution < -0.4 is 15.6 Å². The second kappa shape index (κ2) is 7.98. The molecular formula is C19H17Cl2N3O3. The average Bonchev–Trinajstić information content (AvgIpc) is 2.64. The monoisotopic (exact) mass is 405 g/mol. The van der Waals surface area contributed by atoms with Gasteiger partial charge in [0.1, 0.15) is 12.3 Å². The number of carbonyl (C=O) groups is 1. The molecule has 8 heteroatoms.